The van der Waals surface area contributed by atoms with Crippen LogP contribution in [0.3, 0.4) is 0 Å². The Labute approximate surface area is 110 Å². The molecule has 104 valence electrons. The highest BCUT2D eigenvalue weighted by Gasteiger charge is 2.25. The normalized spacial score (nSPS) is 23.8. The number of hydrogen-bond donors (Lipinski definition) is 1. The maximum atomic E-state index is 11.8. The van der Waals surface area contributed by atoms with E-state index in [2.05, 4.69) is 6.92 Å². The van der Waals surface area contributed by atoms with Crippen LogP contribution in [0.5, 0.6) is 0 Å². The van der Waals surface area contributed by atoms with Gasteiger partial charge in [0.1, 0.15) is 5.78 Å². The van der Waals surface area contributed by atoms with Gasteiger partial charge in [0.05, 0.1) is 6.42 Å². The summed E-state index contributed by atoms with van der Waals surface area (Å²) in [5.41, 5.74) is 0. The summed E-state index contributed by atoms with van der Waals surface area (Å²) in [4.78, 5) is 22.2. The molecule has 0 radical (unpaired) electrons. The minimum atomic E-state index is -0.864. The Morgan fingerprint density at radius 1 is 1.06 bits per heavy atom. The van der Waals surface area contributed by atoms with E-state index in [1.807, 2.05) is 0 Å². The van der Waals surface area contributed by atoms with Crippen LogP contribution in [0, 0.1) is 11.8 Å². The highest BCUT2D eigenvalue weighted by Crippen LogP contribution is 2.33. The Balaban J connectivity index is 2.18. The van der Waals surface area contributed by atoms with Crippen LogP contribution in [-0.4, -0.2) is 16.9 Å². The van der Waals surface area contributed by atoms with Crippen LogP contribution >= 0.6 is 0 Å². The lowest BCUT2D eigenvalue weighted by molar-refractivity contribution is -0.139. The summed E-state index contributed by atoms with van der Waals surface area (Å²) in [5, 5.41) is 8.57. The van der Waals surface area contributed by atoms with Crippen molar-refractivity contribution in [3.63, 3.8) is 0 Å². The minimum absolute atomic E-state index is 0.00470. The molecule has 0 heterocycles. The van der Waals surface area contributed by atoms with Crippen LogP contribution in [0.1, 0.15) is 71.1 Å². The van der Waals surface area contributed by atoms with Gasteiger partial charge in [-0.3, -0.25) is 9.59 Å². The zero-order chi connectivity index (χ0) is 13.4. The Hall–Kier alpha value is -0.860. The summed E-state index contributed by atoms with van der Waals surface area (Å²) in [6, 6.07) is 0. The molecule has 1 aliphatic carbocycles. The number of carboxylic acid groups (broad SMARTS) is 1. The lowest BCUT2D eigenvalue weighted by Crippen LogP contribution is -2.22. The van der Waals surface area contributed by atoms with Crippen molar-refractivity contribution in [2.24, 2.45) is 11.8 Å². The molecule has 3 heteroatoms. The first-order valence-electron chi connectivity index (χ1n) is 7.38. The molecule has 0 bridgehead atoms. The van der Waals surface area contributed by atoms with Crippen molar-refractivity contribution in [2.75, 3.05) is 0 Å². The van der Waals surface area contributed by atoms with E-state index in [0.717, 1.165) is 31.6 Å². The van der Waals surface area contributed by atoms with E-state index in [9.17, 15) is 9.59 Å². The Bertz CT molecular complexity index is 265. The molecule has 1 fully saturated rings. The molecule has 1 saturated carbocycles. The third-order valence-corrected chi connectivity index (χ3v) is 4.10. The van der Waals surface area contributed by atoms with E-state index in [1.54, 1.807) is 0 Å². The predicted molar refractivity (Wildman–Crippen MR) is 71.5 cm³/mol. The molecule has 0 aromatic heterocycles. The number of carbonyl (C=O) groups is 2. The van der Waals surface area contributed by atoms with E-state index in [1.165, 1.54) is 25.7 Å². The number of aliphatic carboxylic acids is 1. The minimum Gasteiger partial charge on any atom is -0.481 e. The van der Waals surface area contributed by atoms with Gasteiger partial charge in [0.25, 0.3) is 0 Å². The summed E-state index contributed by atoms with van der Waals surface area (Å²) in [6.45, 7) is 2.22. The molecular weight excluding hydrogens is 228 g/mol. The maximum Gasteiger partial charge on any atom is 0.303 e. The SMILES string of the molecule is CCCCC[C@H]1CC[C@H](C(=O)CCC(=O)O)CC1. The first-order valence-corrected chi connectivity index (χ1v) is 7.38. The van der Waals surface area contributed by atoms with Gasteiger partial charge < -0.3 is 5.11 Å². The van der Waals surface area contributed by atoms with E-state index in [0.29, 0.717) is 0 Å². The van der Waals surface area contributed by atoms with E-state index >= 15 is 0 Å². The van der Waals surface area contributed by atoms with Crippen molar-refractivity contribution >= 4 is 11.8 Å². The number of ketones is 1. The number of hydrogen-bond acceptors (Lipinski definition) is 2. The summed E-state index contributed by atoms with van der Waals surface area (Å²) >= 11 is 0. The van der Waals surface area contributed by atoms with Crippen molar-refractivity contribution in [1.29, 1.82) is 0 Å². The summed E-state index contributed by atoms with van der Waals surface area (Å²) in [6.07, 6.45) is 9.71. The molecule has 0 atom stereocenters. The molecule has 3 nitrogen and oxygen atoms in total. The highest BCUT2D eigenvalue weighted by atomic mass is 16.4. The number of carbonyl (C=O) groups excluding carboxylic acids is 1. The number of Topliss-reactive ketones (excluding diaryl/α,β-unsaturated/α-hetero) is 1. The van der Waals surface area contributed by atoms with Crippen molar-refractivity contribution in [3.05, 3.63) is 0 Å². The number of rotatable bonds is 8. The van der Waals surface area contributed by atoms with E-state index < -0.39 is 5.97 Å². The molecular formula is C15H26O3. The van der Waals surface area contributed by atoms with Gasteiger partial charge in [-0.25, -0.2) is 0 Å². The molecule has 0 spiro atoms. The molecule has 0 aromatic carbocycles. The lowest BCUT2D eigenvalue weighted by atomic mass is 9.77. The fourth-order valence-electron chi connectivity index (χ4n) is 2.89. The third kappa shape index (κ3) is 5.65. The fraction of sp³-hybridized carbons (Fsp3) is 0.867. The van der Waals surface area contributed by atoms with Gasteiger partial charge in [-0.15, -0.1) is 0 Å². The van der Waals surface area contributed by atoms with Crippen LogP contribution in [-0.2, 0) is 9.59 Å². The van der Waals surface area contributed by atoms with Gasteiger partial charge in [0, 0.05) is 12.3 Å². The highest BCUT2D eigenvalue weighted by molar-refractivity contribution is 5.84. The third-order valence-electron chi connectivity index (χ3n) is 4.10. The fourth-order valence-corrected chi connectivity index (χ4v) is 2.89. The Morgan fingerprint density at radius 3 is 2.28 bits per heavy atom. The molecule has 0 aromatic rings. The quantitative estimate of drug-likeness (QED) is 0.670. The Kier molecular flexibility index (Phi) is 6.99. The molecule has 0 unspecified atom stereocenters. The molecule has 18 heavy (non-hydrogen) atoms. The van der Waals surface area contributed by atoms with Gasteiger partial charge in [0.2, 0.25) is 0 Å². The van der Waals surface area contributed by atoms with Crippen LogP contribution in [0.15, 0.2) is 0 Å². The predicted octanol–water partition coefficient (Wildman–Crippen LogP) is 3.81. The van der Waals surface area contributed by atoms with Gasteiger partial charge in [-0.05, 0) is 31.6 Å². The second kappa shape index (κ2) is 8.28. The maximum absolute atomic E-state index is 11.8. The van der Waals surface area contributed by atoms with Gasteiger partial charge in [0.15, 0.2) is 0 Å². The van der Waals surface area contributed by atoms with Gasteiger partial charge in [-0.2, -0.15) is 0 Å². The van der Waals surface area contributed by atoms with Crippen molar-refractivity contribution in [2.45, 2.75) is 71.1 Å². The summed E-state index contributed by atoms with van der Waals surface area (Å²) < 4.78 is 0. The summed E-state index contributed by atoms with van der Waals surface area (Å²) in [5.74, 6) is 0.257. The molecule has 1 N–H and O–H groups in total. The first kappa shape index (κ1) is 15.2. The zero-order valence-corrected chi connectivity index (χ0v) is 11.5. The van der Waals surface area contributed by atoms with E-state index in [4.69, 9.17) is 5.11 Å². The second-order valence-corrected chi connectivity index (χ2v) is 5.57. The van der Waals surface area contributed by atoms with Crippen LogP contribution in [0.4, 0.5) is 0 Å². The van der Waals surface area contributed by atoms with Crippen molar-refractivity contribution in [3.8, 4) is 0 Å². The first-order chi connectivity index (χ1) is 8.63. The second-order valence-electron chi connectivity index (χ2n) is 5.57. The van der Waals surface area contributed by atoms with Crippen molar-refractivity contribution < 1.29 is 14.7 Å². The van der Waals surface area contributed by atoms with E-state index in [-0.39, 0.29) is 24.5 Å². The number of unbranched alkanes of at least 4 members (excludes halogenated alkanes) is 2. The van der Waals surface area contributed by atoms with Crippen molar-refractivity contribution in [1.82, 2.24) is 0 Å². The Morgan fingerprint density at radius 2 is 1.72 bits per heavy atom. The van der Waals surface area contributed by atoms with Gasteiger partial charge in [-0.1, -0.05) is 32.6 Å². The number of carboxylic acids is 1. The van der Waals surface area contributed by atoms with Crippen LogP contribution in [0.25, 0.3) is 0 Å². The molecule has 0 aliphatic heterocycles. The summed E-state index contributed by atoms with van der Waals surface area (Å²) in [7, 11) is 0. The lowest BCUT2D eigenvalue weighted by Gasteiger charge is -2.27. The average molecular weight is 254 g/mol. The zero-order valence-electron chi connectivity index (χ0n) is 11.5. The van der Waals surface area contributed by atoms with Gasteiger partial charge >= 0.3 is 5.97 Å². The monoisotopic (exact) mass is 254 g/mol. The van der Waals surface area contributed by atoms with Crippen LogP contribution in [0.2, 0.25) is 0 Å². The van der Waals surface area contributed by atoms with Crippen LogP contribution < -0.4 is 0 Å². The smallest absolute Gasteiger partial charge is 0.303 e. The molecule has 1 aliphatic rings. The molecule has 0 saturated heterocycles. The topological polar surface area (TPSA) is 54.4 Å². The standard InChI is InChI=1S/C15H26O3/c1-2-3-4-5-12-6-8-13(9-7-12)14(16)10-11-15(17)18/h12-13H,2-11H2,1H3,(H,17,18)/t12-,13-. The molecule has 1 rings (SSSR count). The average Bonchev–Trinajstić information content (AvgIpc) is 2.37. The largest absolute Gasteiger partial charge is 0.481 e. The molecule has 0 amide bonds.